The van der Waals surface area contributed by atoms with Gasteiger partial charge in [0.2, 0.25) is 0 Å². The van der Waals surface area contributed by atoms with Crippen molar-refractivity contribution in [2.24, 2.45) is 7.05 Å². The summed E-state index contributed by atoms with van der Waals surface area (Å²) in [6.07, 6.45) is 11.5. The molecule has 4 rings (SSSR count). The first-order chi connectivity index (χ1) is 14.2. The highest BCUT2D eigenvalue weighted by Crippen LogP contribution is 2.19. The maximum atomic E-state index is 12.8. The highest BCUT2D eigenvalue weighted by molar-refractivity contribution is 6.03. The Bertz CT molecular complexity index is 975. The van der Waals surface area contributed by atoms with Crippen LogP contribution in [-0.2, 0) is 20.1 Å². The standard InChI is InChI=1S/C21H27N7O/c1-27-15-20-19(26-27)13-22-10-5-3-2-4-6-11-28-14-16(12-23-28)17-8-7-9-18(24-17)21(29)25-20/h7-9,12,14-15,22H,2-6,10-11,13H2,1H3,(H,25,29). The van der Waals surface area contributed by atoms with Crippen molar-refractivity contribution in [1.29, 1.82) is 0 Å². The largest absolute Gasteiger partial charge is 0.318 e. The minimum absolute atomic E-state index is 0.244. The van der Waals surface area contributed by atoms with Crippen molar-refractivity contribution < 1.29 is 4.79 Å². The van der Waals surface area contributed by atoms with Gasteiger partial charge in [0.25, 0.3) is 5.91 Å². The molecule has 0 saturated heterocycles. The van der Waals surface area contributed by atoms with Gasteiger partial charge >= 0.3 is 0 Å². The predicted molar refractivity (Wildman–Crippen MR) is 111 cm³/mol. The average Bonchev–Trinajstić information content (AvgIpc) is 3.32. The zero-order valence-electron chi connectivity index (χ0n) is 16.8. The second kappa shape index (κ2) is 9.00. The molecule has 3 aromatic heterocycles. The van der Waals surface area contributed by atoms with E-state index in [9.17, 15) is 4.79 Å². The Morgan fingerprint density at radius 3 is 2.79 bits per heavy atom. The van der Waals surface area contributed by atoms with Gasteiger partial charge in [-0.2, -0.15) is 10.2 Å². The molecule has 4 bridgehead atoms. The number of pyridine rings is 1. The molecule has 1 amide bonds. The Morgan fingerprint density at radius 1 is 1.03 bits per heavy atom. The molecule has 0 aliphatic carbocycles. The van der Waals surface area contributed by atoms with Crippen LogP contribution < -0.4 is 10.6 Å². The molecular formula is C21H27N7O. The second-order valence-corrected chi connectivity index (χ2v) is 7.46. The molecule has 8 heteroatoms. The topological polar surface area (TPSA) is 89.7 Å². The molecule has 0 fully saturated rings. The van der Waals surface area contributed by atoms with E-state index in [0.717, 1.165) is 42.9 Å². The Balaban J connectivity index is 1.59. The number of fused-ring (bicyclic) bond motifs is 6. The Morgan fingerprint density at radius 2 is 1.86 bits per heavy atom. The van der Waals surface area contributed by atoms with Gasteiger partial charge in [-0.25, -0.2) is 4.98 Å². The van der Waals surface area contributed by atoms with Gasteiger partial charge in [0.1, 0.15) is 5.69 Å². The van der Waals surface area contributed by atoms with E-state index in [-0.39, 0.29) is 5.91 Å². The zero-order chi connectivity index (χ0) is 20.1. The first-order valence-electron chi connectivity index (χ1n) is 10.2. The van der Waals surface area contributed by atoms with Crippen molar-refractivity contribution >= 4 is 11.6 Å². The van der Waals surface area contributed by atoms with E-state index in [4.69, 9.17) is 0 Å². The van der Waals surface area contributed by atoms with Gasteiger partial charge in [0.05, 0.1) is 23.3 Å². The van der Waals surface area contributed by atoms with Crippen LogP contribution >= 0.6 is 0 Å². The lowest BCUT2D eigenvalue weighted by atomic mass is 10.1. The van der Waals surface area contributed by atoms with Crippen LogP contribution in [-0.4, -0.2) is 37.0 Å². The Hall–Kier alpha value is -3.00. The Labute approximate surface area is 170 Å². The SMILES string of the molecule is Cn1cc2c(n1)CNCCCCCCCn1cc(cn1)-c1cccc(n1)C(=O)N2. The lowest BCUT2D eigenvalue weighted by Gasteiger charge is -2.07. The monoisotopic (exact) mass is 393 g/mol. The van der Waals surface area contributed by atoms with Gasteiger partial charge in [-0.3, -0.25) is 14.2 Å². The van der Waals surface area contributed by atoms with Crippen LogP contribution in [0.15, 0.2) is 36.8 Å². The van der Waals surface area contributed by atoms with E-state index in [1.807, 2.05) is 42.5 Å². The van der Waals surface area contributed by atoms with E-state index in [2.05, 4.69) is 25.8 Å². The molecular weight excluding hydrogens is 366 g/mol. The van der Waals surface area contributed by atoms with Crippen molar-refractivity contribution in [3.05, 3.63) is 48.2 Å². The van der Waals surface area contributed by atoms with Crippen LogP contribution in [0.3, 0.4) is 0 Å². The van der Waals surface area contributed by atoms with E-state index in [0.29, 0.717) is 17.9 Å². The van der Waals surface area contributed by atoms with Crippen molar-refractivity contribution in [3.63, 3.8) is 0 Å². The molecule has 4 heterocycles. The van der Waals surface area contributed by atoms with Gasteiger partial charge in [-0.15, -0.1) is 0 Å². The fourth-order valence-corrected chi connectivity index (χ4v) is 3.56. The lowest BCUT2D eigenvalue weighted by molar-refractivity contribution is 0.102. The summed E-state index contributed by atoms with van der Waals surface area (Å²) in [6, 6.07) is 5.48. The number of carbonyl (C=O) groups is 1. The van der Waals surface area contributed by atoms with E-state index in [1.54, 1.807) is 10.7 Å². The molecule has 29 heavy (non-hydrogen) atoms. The smallest absolute Gasteiger partial charge is 0.274 e. The molecule has 0 aromatic carbocycles. The molecule has 0 spiro atoms. The number of carbonyl (C=O) groups excluding carboxylic acids is 1. The maximum absolute atomic E-state index is 12.8. The zero-order valence-corrected chi connectivity index (χ0v) is 16.8. The second-order valence-electron chi connectivity index (χ2n) is 7.46. The number of nitrogens with one attached hydrogen (secondary N) is 2. The van der Waals surface area contributed by atoms with Gasteiger partial charge in [0, 0.05) is 38.1 Å². The number of aromatic nitrogens is 5. The third-order valence-corrected chi connectivity index (χ3v) is 5.10. The summed E-state index contributed by atoms with van der Waals surface area (Å²) in [7, 11) is 1.86. The molecule has 0 radical (unpaired) electrons. The summed E-state index contributed by atoms with van der Waals surface area (Å²) < 4.78 is 3.68. The van der Waals surface area contributed by atoms with Crippen LogP contribution in [0.1, 0.15) is 48.3 Å². The molecule has 0 saturated carbocycles. The van der Waals surface area contributed by atoms with E-state index >= 15 is 0 Å². The molecule has 1 aliphatic heterocycles. The van der Waals surface area contributed by atoms with Crippen LogP contribution in [0.2, 0.25) is 0 Å². The third-order valence-electron chi connectivity index (χ3n) is 5.10. The third kappa shape index (κ3) is 4.89. The van der Waals surface area contributed by atoms with E-state index < -0.39 is 0 Å². The highest BCUT2D eigenvalue weighted by atomic mass is 16.1. The summed E-state index contributed by atoms with van der Waals surface area (Å²) in [5.74, 6) is -0.244. The van der Waals surface area contributed by atoms with Crippen molar-refractivity contribution in [1.82, 2.24) is 29.9 Å². The highest BCUT2D eigenvalue weighted by Gasteiger charge is 2.15. The van der Waals surface area contributed by atoms with Gasteiger partial charge in [-0.05, 0) is 31.5 Å². The van der Waals surface area contributed by atoms with Crippen molar-refractivity contribution in [3.8, 4) is 11.3 Å². The quantitative estimate of drug-likeness (QED) is 0.613. The first kappa shape index (κ1) is 19.3. The summed E-state index contributed by atoms with van der Waals surface area (Å²) >= 11 is 0. The molecule has 2 N–H and O–H groups in total. The number of aryl methyl sites for hydroxylation is 2. The minimum atomic E-state index is -0.244. The molecule has 3 aromatic rings. The molecule has 0 unspecified atom stereocenters. The van der Waals surface area contributed by atoms with Crippen molar-refractivity contribution in [2.75, 3.05) is 11.9 Å². The molecule has 152 valence electrons. The van der Waals surface area contributed by atoms with Crippen LogP contribution in [0.5, 0.6) is 0 Å². The molecule has 1 aliphatic rings. The normalized spacial score (nSPS) is 16.2. The summed E-state index contributed by atoms with van der Waals surface area (Å²) in [4.78, 5) is 17.3. The molecule has 0 atom stereocenters. The van der Waals surface area contributed by atoms with Crippen LogP contribution in [0.25, 0.3) is 11.3 Å². The van der Waals surface area contributed by atoms with E-state index in [1.165, 1.54) is 19.3 Å². The number of hydrogen-bond acceptors (Lipinski definition) is 5. The summed E-state index contributed by atoms with van der Waals surface area (Å²) in [6.45, 7) is 2.47. The minimum Gasteiger partial charge on any atom is -0.318 e. The number of rotatable bonds is 0. The molecule has 8 nitrogen and oxygen atoms in total. The van der Waals surface area contributed by atoms with Crippen LogP contribution in [0, 0.1) is 0 Å². The maximum Gasteiger partial charge on any atom is 0.274 e. The Kier molecular flexibility index (Phi) is 6.00. The van der Waals surface area contributed by atoms with Gasteiger partial charge in [-0.1, -0.05) is 25.3 Å². The van der Waals surface area contributed by atoms with Gasteiger partial charge in [0.15, 0.2) is 0 Å². The first-order valence-corrected chi connectivity index (χ1v) is 10.2. The number of nitrogens with zero attached hydrogens (tertiary/aromatic N) is 5. The average molecular weight is 393 g/mol. The van der Waals surface area contributed by atoms with Crippen LogP contribution in [0.4, 0.5) is 5.69 Å². The fraction of sp³-hybridized carbons (Fsp3) is 0.429. The van der Waals surface area contributed by atoms with Crippen molar-refractivity contribution in [2.45, 2.75) is 45.2 Å². The summed E-state index contributed by atoms with van der Waals surface area (Å²) in [5.41, 5.74) is 3.58. The lowest BCUT2D eigenvalue weighted by Crippen LogP contribution is -2.18. The summed E-state index contributed by atoms with van der Waals surface area (Å²) in [5, 5.41) is 15.3. The van der Waals surface area contributed by atoms with Gasteiger partial charge < -0.3 is 10.6 Å². The number of amides is 1. The number of hydrogen-bond donors (Lipinski definition) is 2. The predicted octanol–water partition coefficient (Wildman–Crippen LogP) is 2.98. The number of anilines is 1. The fourth-order valence-electron chi connectivity index (χ4n) is 3.56.